The lowest BCUT2D eigenvalue weighted by molar-refractivity contribution is -0.115. The molecular formula is C7H7N3O2S. The van der Waals surface area contributed by atoms with Crippen molar-refractivity contribution in [2.75, 3.05) is 4.90 Å². The number of aromatic nitrogens is 2. The highest BCUT2D eigenvalue weighted by Crippen LogP contribution is 2.24. The van der Waals surface area contributed by atoms with Crippen molar-refractivity contribution in [1.29, 1.82) is 0 Å². The quantitative estimate of drug-likeness (QED) is 0.696. The van der Waals surface area contributed by atoms with Crippen LogP contribution in [-0.2, 0) is 4.79 Å². The van der Waals surface area contributed by atoms with Gasteiger partial charge in [0.25, 0.3) is 5.91 Å². The van der Waals surface area contributed by atoms with Crippen molar-refractivity contribution in [3.05, 3.63) is 18.0 Å². The fourth-order valence-corrected chi connectivity index (χ4v) is 1.71. The van der Waals surface area contributed by atoms with Gasteiger partial charge in [-0.2, -0.15) is 4.37 Å². The molecule has 0 saturated heterocycles. The molecule has 2 heterocycles. The van der Waals surface area contributed by atoms with Crippen molar-refractivity contribution in [3.8, 4) is 0 Å². The molecule has 0 spiro atoms. The molecule has 1 aromatic rings. The number of amides is 1. The summed E-state index contributed by atoms with van der Waals surface area (Å²) < 4.78 is 3.76. The summed E-state index contributed by atoms with van der Waals surface area (Å²) in [4.78, 5) is 16.5. The molecule has 0 fully saturated rings. The van der Waals surface area contributed by atoms with E-state index < -0.39 is 6.23 Å². The second-order valence-corrected chi connectivity index (χ2v) is 3.42. The van der Waals surface area contributed by atoms with Gasteiger partial charge in [0.15, 0.2) is 6.23 Å². The first-order chi connectivity index (χ1) is 6.20. The predicted molar refractivity (Wildman–Crippen MR) is 47.2 cm³/mol. The van der Waals surface area contributed by atoms with Crippen LogP contribution in [-0.4, -0.2) is 26.6 Å². The third-order valence-corrected chi connectivity index (χ3v) is 2.44. The molecule has 1 amide bonds. The van der Waals surface area contributed by atoms with E-state index in [1.165, 1.54) is 17.3 Å². The fourth-order valence-electron chi connectivity index (χ4n) is 1.15. The minimum Gasteiger partial charge on any atom is -0.369 e. The maximum absolute atomic E-state index is 11.5. The number of carbonyl (C=O) groups excluding carboxylic acids is 1. The van der Waals surface area contributed by atoms with Crippen LogP contribution in [0.5, 0.6) is 0 Å². The second-order valence-electron chi connectivity index (χ2n) is 2.66. The topological polar surface area (TPSA) is 66.3 Å². The molecule has 6 heteroatoms. The largest absolute Gasteiger partial charge is 0.369 e. The monoisotopic (exact) mass is 197 g/mol. The smallest absolute Gasteiger partial charge is 0.257 e. The van der Waals surface area contributed by atoms with Gasteiger partial charge in [0.05, 0.1) is 0 Å². The van der Waals surface area contributed by atoms with Gasteiger partial charge in [0, 0.05) is 17.1 Å². The zero-order chi connectivity index (χ0) is 9.42. The van der Waals surface area contributed by atoms with Gasteiger partial charge in [-0.25, -0.2) is 4.98 Å². The Balaban J connectivity index is 2.33. The number of hydrogen-bond donors (Lipinski definition) is 1. The lowest BCUT2D eigenvalue weighted by atomic mass is 10.3. The summed E-state index contributed by atoms with van der Waals surface area (Å²) in [6.07, 6.45) is 1.94. The highest BCUT2D eigenvalue weighted by atomic mass is 32.1. The summed E-state index contributed by atoms with van der Waals surface area (Å²) in [5.41, 5.74) is 0.530. The van der Waals surface area contributed by atoms with Crippen molar-refractivity contribution in [2.45, 2.75) is 13.2 Å². The highest BCUT2D eigenvalue weighted by molar-refractivity contribution is 7.09. The van der Waals surface area contributed by atoms with Crippen molar-refractivity contribution >= 4 is 22.6 Å². The zero-order valence-electron chi connectivity index (χ0n) is 6.84. The Kier molecular flexibility index (Phi) is 1.86. The Hall–Kier alpha value is -1.27. The molecule has 1 unspecified atom stereocenters. The molecular weight excluding hydrogens is 190 g/mol. The van der Waals surface area contributed by atoms with Crippen LogP contribution in [0, 0.1) is 0 Å². The fraction of sp³-hybridized carbons (Fsp3) is 0.286. The molecule has 0 bridgehead atoms. The Morgan fingerprint density at radius 1 is 1.69 bits per heavy atom. The van der Waals surface area contributed by atoms with Crippen molar-refractivity contribution in [1.82, 2.24) is 9.36 Å². The van der Waals surface area contributed by atoms with Crippen LogP contribution in [0.25, 0.3) is 0 Å². The summed E-state index contributed by atoms with van der Waals surface area (Å²) in [6.45, 7) is 1.66. The lowest BCUT2D eigenvalue weighted by Crippen LogP contribution is -2.33. The highest BCUT2D eigenvalue weighted by Gasteiger charge is 2.31. The molecule has 5 nitrogen and oxygen atoms in total. The maximum atomic E-state index is 11.5. The van der Waals surface area contributed by atoms with Crippen LogP contribution in [0.4, 0.5) is 5.13 Å². The van der Waals surface area contributed by atoms with Gasteiger partial charge in [-0.05, 0) is 13.0 Å². The Labute approximate surface area is 78.5 Å². The van der Waals surface area contributed by atoms with Crippen LogP contribution in [0.3, 0.4) is 0 Å². The number of aliphatic hydroxyl groups is 1. The van der Waals surface area contributed by atoms with Crippen LogP contribution >= 0.6 is 11.5 Å². The summed E-state index contributed by atoms with van der Waals surface area (Å²) in [7, 11) is 0. The van der Waals surface area contributed by atoms with Gasteiger partial charge in [-0.15, -0.1) is 0 Å². The van der Waals surface area contributed by atoms with Gasteiger partial charge in [0.2, 0.25) is 5.13 Å². The molecule has 1 aromatic heterocycles. The van der Waals surface area contributed by atoms with E-state index in [1.54, 1.807) is 6.92 Å². The molecule has 0 aromatic carbocycles. The van der Waals surface area contributed by atoms with Gasteiger partial charge in [-0.3, -0.25) is 9.69 Å². The molecule has 1 aliphatic rings. The van der Waals surface area contributed by atoms with Gasteiger partial charge in [-0.1, -0.05) is 0 Å². The standard InChI is InChI=1S/C7H7N3O2S/c1-4-2-5(11)10(6(4)12)7-8-3-9-13-7/h2-3,5,11H,1H3. The summed E-state index contributed by atoms with van der Waals surface area (Å²) >= 11 is 1.08. The van der Waals surface area contributed by atoms with E-state index in [0.717, 1.165) is 11.5 Å². The van der Waals surface area contributed by atoms with Crippen molar-refractivity contribution < 1.29 is 9.90 Å². The van der Waals surface area contributed by atoms with Crippen LogP contribution in [0.1, 0.15) is 6.92 Å². The molecule has 0 aliphatic carbocycles. The van der Waals surface area contributed by atoms with E-state index >= 15 is 0 Å². The van der Waals surface area contributed by atoms with Crippen LogP contribution in [0.15, 0.2) is 18.0 Å². The van der Waals surface area contributed by atoms with E-state index in [2.05, 4.69) is 9.36 Å². The number of anilines is 1. The first kappa shape index (κ1) is 8.33. The normalized spacial score (nSPS) is 22.3. The van der Waals surface area contributed by atoms with E-state index in [0.29, 0.717) is 10.7 Å². The molecule has 0 radical (unpaired) electrons. The summed E-state index contributed by atoms with van der Waals surface area (Å²) in [6, 6.07) is 0. The van der Waals surface area contributed by atoms with Crippen molar-refractivity contribution in [2.24, 2.45) is 0 Å². The number of aliphatic hydroxyl groups excluding tert-OH is 1. The minimum atomic E-state index is -0.902. The summed E-state index contributed by atoms with van der Waals surface area (Å²) in [5.74, 6) is -0.218. The number of carbonyl (C=O) groups is 1. The van der Waals surface area contributed by atoms with E-state index in [4.69, 9.17) is 0 Å². The van der Waals surface area contributed by atoms with E-state index in [-0.39, 0.29) is 5.91 Å². The SMILES string of the molecule is CC1=CC(O)N(c2ncns2)C1=O. The lowest BCUT2D eigenvalue weighted by Gasteiger charge is -2.15. The first-order valence-corrected chi connectivity index (χ1v) is 4.44. The van der Waals surface area contributed by atoms with Crippen LogP contribution < -0.4 is 4.90 Å². The van der Waals surface area contributed by atoms with Gasteiger partial charge >= 0.3 is 0 Å². The average Bonchev–Trinajstić information content (AvgIpc) is 2.63. The van der Waals surface area contributed by atoms with Crippen LogP contribution in [0.2, 0.25) is 0 Å². The first-order valence-electron chi connectivity index (χ1n) is 3.67. The molecule has 13 heavy (non-hydrogen) atoms. The predicted octanol–water partition coefficient (Wildman–Crippen LogP) is 0.149. The molecule has 1 N–H and O–H groups in total. The van der Waals surface area contributed by atoms with Crippen molar-refractivity contribution in [3.63, 3.8) is 0 Å². The zero-order valence-corrected chi connectivity index (χ0v) is 7.65. The molecule has 2 rings (SSSR count). The molecule has 0 saturated carbocycles. The molecule has 1 atom stereocenters. The summed E-state index contributed by atoms with van der Waals surface area (Å²) in [5, 5.41) is 9.89. The molecule has 68 valence electrons. The van der Waals surface area contributed by atoms with Gasteiger partial charge in [0.1, 0.15) is 6.33 Å². The number of rotatable bonds is 1. The number of hydrogen-bond acceptors (Lipinski definition) is 5. The van der Waals surface area contributed by atoms with E-state index in [1.807, 2.05) is 0 Å². The number of nitrogens with zero attached hydrogens (tertiary/aromatic N) is 3. The maximum Gasteiger partial charge on any atom is 0.257 e. The Morgan fingerprint density at radius 2 is 2.46 bits per heavy atom. The molecule has 1 aliphatic heterocycles. The minimum absolute atomic E-state index is 0.218. The second kappa shape index (κ2) is 2.90. The Bertz CT molecular complexity index is 360. The third kappa shape index (κ3) is 1.24. The van der Waals surface area contributed by atoms with E-state index in [9.17, 15) is 9.90 Å². The Morgan fingerprint density at radius 3 is 2.92 bits per heavy atom. The average molecular weight is 197 g/mol. The van der Waals surface area contributed by atoms with Gasteiger partial charge < -0.3 is 5.11 Å². The third-order valence-electron chi connectivity index (χ3n) is 1.78.